The molecule has 2 saturated heterocycles. The highest BCUT2D eigenvalue weighted by atomic mass is 16.5. The summed E-state index contributed by atoms with van der Waals surface area (Å²) in [7, 11) is 3.63. The van der Waals surface area contributed by atoms with Crippen molar-refractivity contribution >= 4 is 11.9 Å². The van der Waals surface area contributed by atoms with E-state index < -0.39 is 0 Å². The maximum Gasteiger partial charge on any atom is 0.227 e. The molecular weight excluding hydrogens is 382 g/mol. The fourth-order valence-corrected chi connectivity index (χ4v) is 4.58. The highest BCUT2D eigenvalue weighted by Crippen LogP contribution is 2.34. The van der Waals surface area contributed by atoms with Gasteiger partial charge in [-0.05, 0) is 32.0 Å². The Morgan fingerprint density at radius 2 is 1.93 bits per heavy atom. The van der Waals surface area contributed by atoms with Crippen LogP contribution in [0.3, 0.4) is 0 Å². The molecule has 2 fully saturated rings. The Hall–Kier alpha value is -2.45. The van der Waals surface area contributed by atoms with Gasteiger partial charge in [-0.1, -0.05) is 0 Å². The summed E-state index contributed by atoms with van der Waals surface area (Å²) in [6.07, 6.45) is 3.78. The van der Waals surface area contributed by atoms with Crippen molar-refractivity contribution < 1.29 is 13.9 Å². The van der Waals surface area contributed by atoms with Gasteiger partial charge in [0.1, 0.15) is 5.76 Å². The van der Waals surface area contributed by atoms with Crippen LogP contribution in [0.15, 0.2) is 35.1 Å². The second kappa shape index (κ2) is 8.73. The van der Waals surface area contributed by atoms with Crippen molar-refractivity contribution in [1.82, 2.24) is 19.8 Å². The number of hydrogen-bond acceptors (Lipinski definition) is 7. The number of furan rings is 1. The van der Waals surface area contributed by atoms with E-state index in [0.717, 1.165) is 37.0 Å². The number of ether oxygens (including phenoxy) is 1. The zero-order valence-electron chi connectivity index (χ0n) is 18.2. The van der Waals surface area contributed by atoms with Crippen molar-refractivity contribution in [1.29, 1.82) is 0 Å². The van der Waals surface area contributed by atoms with Gasteiger partial charge in [0, 0.05) is 52.4 Å². The largest absolute Gasteiger partial charge is 0.468 e. The van der Waals surface area contributed by atoms with Gasteiger partial charge in [0.25, 0.3) is 0 Å². The molecule has 8 heteroatoms. The lowest BCUT2D eigenvalue weighted by Gasteiger charge is -2.35. The fraction of sp³-hybridized carbons (Fsp3) is 0.591. The number of likely N-dealkylation sites (tertiary alicyclic amines) is 1. The molecule has 1 amide bonds. The maximum atomic E-state index is 13.0. The van der Waals surface area contributed by atoms with E-state index in [1.807, 2.05) is 38.5 Å². The van der Waals surface area contributed by atoms with E-state index in [9.17, 15) is 4.79 Å². The Kier molecular flexibility index (Phi) is 6.06. The van der Waals surface area contributed by atoms with E-state index in [-0.39, 0.29) is 30.0 Å². The Morgan fingerprint density at radius 1 is 1.17 bits per heavy atom. The molecule has 0 N–H and O–H groups in total. The van der Waals surface area contributed by atoms with Crippen LogP contribution in [0, 0.1) is 5.92 Å². The van der Waals surface area contributed by atoms with Crippen molar-refractivity contribution in [2.45, 2.75) is 38.5 Å². The SMILES string of the molecule is CC1CN(c2nccc([C@@H]3CN(Cc4ccco4)C[C@H]3C(=O)N(C)C)n2)CC(C)O1. The lowest BCUT2D eigenvalue weighted by Crippen LogP contribution is -2.46. The lowest BCUT2D eigenvalue weighted by molar-refractivity contribution is -0.133. The molecule has 0 radical (unpaired) electrons. The molecule has 4 atom stereocenters. The number of carbonyl (C=O) groups is 1. The fourth-order valence-electron chi connectivity index (χ4n) is 4.58. The van der Waals surface area contributed by atoms with Gasteiger partial charge in [-0.25, -0.2) is 9.97 Å². The van der Waals surface area contributed by atoms with E-state index in [4.69, 9.17) is 14.1 Å². The molecule has 4 heterocycles. The molecule has 2 aliphatic heterocycles. The first-order valence-electron chi connectivity index (χ1n) is 10.6. The van der Waals surface area contributed by atoms with Crippen LogP contribution in [0.25, 0.3) is 0 Å². The maximum absolute atomic E-state index is 13.0. The molecule has 2 unspecified atom stereocenters. The minimum atomic E-state index is -0.139. The quantitative estimate of drug-likeness (QED) is 0.742. The lowest BCUT2D eigenvalue weighted by atomic mass is 9.91. The van der Waals surface area contributed by atoms with Crippen molar-refractivity contribution in [2.24, 2.45) is 5.92 Å². The first kappa shape index (κ1) is 20.8. The highest BCUT2D eigenvalue weighted by Gasteiger charge is 2.40. The summed E-state index contributed by atoms with van der Waals surface area (Å²) < 4.78 is 11.4. The number of nitrogens with zero attached hydrogens (tertiary/aromatic N) is 5. The average molecular weight is 414 g/mol. The smallest absolute Gasteiger partial charge is 0.227 e. The number of anilines is 1. The summed E-state index contributed by atoms with van der Waals surface area (Å²) in [5, 5.41) is 0. The number of aromatic nitrogens is 2. The predicted molar refractivity (Wildman–Crippen MR) is 113 cm³/mol. The van der Waals surface area contributed by atoms with E-state index in [1.54, 1.807) is 11.2 Å². The third kappa shape index (κ3) is 4.49. The standard InChI is InChI=1S/C22H31N5O3/c1-15-10-27(11-16(2)30-15)22-23-8-7-20(24-22)18-13-26(12-17-6-5-9-29-17)14-19(18)21(28)25(3)4/h5-9,15-16,18-19H,10-14H2,1-4H3/t15?,16?,18-,19-/m1/s1. The summed E-state index contributed by atoms with van der Waals surface area (Å²) >= 11 is 0. The molecule has 8 nitrogen and oxygen atoms in total. The first-order chi connectivity index (χ1) is 14.4. The monoisotopic (exact) mass is 413 g/mol. The predicted octanol–water partition coefficient (Wildman–Crippen LogP) is 1.99. The molecule has 162 valence electrons. The van der Waals surface area contributed by atoms with Gasteiger partial charge >= 0.3 is 0 Å². The average Bonchev–Trinajstić information content (AvgIpc) is 3.37. The molecule has 2 aliphatic rings. The van der Waals surface area contributed by atoms with Gasteiger partial charge in [-0.15, -0.1) is 0 Å². The molecule has 0 spiro atoms. The van der Waals surface area contributed by atoms with Gasteiger partial charge in [0.2, 0.25) is 11.9 Å². The van der Waals surface area contributed by atoms with Crippen LogP contribution in [0.4, 0.5) is 5.95 Å². The van der Waals surface area contributed by atoms with Gasteiger partial charge in [0.05, 0.1) is 36.6 Å². The number of carbonyl (C=O) groups excluding carboxylic acids is 1. The Balaban J connectivity index is 1.57. The minimum absolute atomic E-state index is 0.0208. The van der Waals surface area contributed by atoms with Crippen molar-refractivity contribution in [3.05, 3.63) is 42.1 Å². The van der Waals surface area contributed by atoms with Crippen LogP contribution < -0.4 is 4.90 Å². The number of rotatable bonds is 5. The summed E-state index contributed by atoms with van der Waals surface area (Å²) in [4.78, 5) is 28.5. The Morgan fingerprint density at radius 3 is 2.60 bits per heavy atom. The molecule has 2 aromatic rings. The summed E-state index contributed by atoms with van der Waals surface area (Å²) in [5.74, 6) is 1.64. The highest BCUT2D eigenvalue weighted by molar-refractivity contribution is 5.80. The second-order valence-corrected chi connectivity index (χ2v) is 8.66. The molecule has 0 saturated carbocycles. The molecule has 4 rings (SSSR count). The summed E-state index contributed by atoms with van der Waals surface area (Å²) in [5.41, 5.74) is 0.925. The van der Waals surface area contributed by atoms with Gasteiger partial charge in [-0.2, -0.15) is 0 Å². The Bertz CT molecular complexity index is 846. The molecule has 30 heavy (non-hydrogen) atoms. The van der Waals surface area contributed by atoms with Crippen molar-refractivity contribution in [3.63, 3.8) is 0 Å². The van der Waals surface area contributed by atoms with Crippen LogP contribution in [0.2, 0.25) is 0 Å². The third-order valence-electron chi connectivity index (χ3n) is 5.86. The number of morpholine rings is 1. The van der Waals surface area contributed by atoms with Crippen LogP contribution in [0.1, 0.15) is 31.2 Å². The first-order valence-corrected chi connectivity index (χ1v) is 10.6. The molecule has 0 aliphatic carbocycles. The zero-order valence-corrected chi connectivity index (χ0v) is 18.2. The topological polar surface area (TPSA) is 74.9 Å². The summed E-state index contributed by atoms with van der Waals surface area (Å²) in [6.45, 7) is 7.82. The second-order valence-electron chi connectivity index (χ2n) is 8.66. The van der Waals surface area contributed by atoms with Crippen LogP contribution in [-0.4, -0.2) is 78.2 Å². The molecule has 0 aromatic carbocycles. The van der Waals surface area contributed by atoms with Gasteiger partial charge in [-0.3, -0.25) is 9.69 Å². The normalized spacial score (nSPS) is 27.4. The third-order valence-corrected chi connectivity index (χ3v) is 5.86. The van der Waals surface area contributed by atoms with E-state index >= 15 is 0 Å². The number of hydrogen-bond donors (Lipinski definition) is 0. The van der Waals surface area contributed by atoms with Crippen molar-refractivity contribution in [3.8, 4) is 0 Å². The van der Waals surface area contributed by atoms with Crippen molar-refractivity contribution in [2.75, 3.05) is 45.2 Å². The van der Waals surface area contributed by atoms with Crippen LogP contribution in [-0.2, 0) is 16.1 Å². The van der Waals surface area contributed by atoms with Gasteiger partial charge < -0.3 is 19.0 Å². The molecular formula is C22H31N5O3. The molecule has 2 aromatic heterocycles. The van der Waals surface area contributed by atoms with Crippen LogP contribution >= 0.6 is 0 Å². The molecule has 0 bridgehead atoms. The van der Waals surface area contributed by atoms with E-state index in [1.165, 1.54) is 0 Å². The van der Waals surface area contributed by atoms with E-state index in [0.29, 0.717) is 13.1 Å². The van der Waals surface area contributed by atoms with Gasteiger partial charge in [0.15, 0.2) is 0 Å². The summed E-state index contributed by atoms with van der Waals surface area (Å²) in [6, 6.07) is 5.82. The van der Waals surface area contributed by atoms with Crippen LogP contribution in [0.5, 0.6) is 0 Å². The zero-order chi connectivity index (χ0) is 21.3. The minimum Gasteiger partial charge on any atom is -0.468 e. The number of amides is 1. The Labute approximate surface area is 177 Å². The van der Waals surface area contributed by atoms with E-state index in [2.05, 4.69) is 28.6 Å².